The monoisotopic (exact) mass is 307 g/mol. The predicted molar refractivity (Wildman–Crippen MR) is 87.4 cm³/mol. The Balaban J connectivity index is 2.31. The molecule has 0 heterocycles. The quantitative estimate of drug-likeness (QED) is 0.369. The average molecular weight is 307 g/mol. The van der Waals surface area contributed by atoms with Crippen molar-refractivity contribution in [3.63, 3.8) is 0 Å². The molecule has 1 aromatic carbocycles. The van der Waals surface area contributed by atoms with E-state index in [-0.39, 0.29) is 6.32 Å². The summed E-state index contributed by atoms with van der Waals surface area (Å²) in [5.74, 6) is -0.975. The first-order valence-electron chi connectivity index (χ1n) is 7.86. The van der Waals surface area contributed by atoms with Crippen molar-refractivity contribution in [2.24, 2.45) is 5.73 Å². The molecule has 0 amide bonds. The van der Waals surface area contributed by atoms with E-state index in [1.807, 2.05) is 18.2 Å². The molecule has 0 radical (unpaired) electrons. The second-order valence-corrected chi connectivity index (χ2v) is 5.88. The van der Waals surface area contributed by atoms with Crippen LogP contribution in [0.15, 0.2) is 30.3 Å². The molecular formula is C16H26BNO4. The lowest BCUT2D eigenvalue weighted by Gasteiger charge is -2.24. The largest absolute Gasteiger partial charge is 0.480 e. The standard InChI is InChI=1S/C16H26BNO4/c18-16(15(19)20,12-6-7-13-17(21)22)11-5-4-10-14-8-2-1-3-9-14/h1-3,8-9,21-22H,4-7,10-13,18H2,(H,19,20). The maximum atomic E-state index is 11.4. The maximum Gasteiger partial charge on any atom is 0.451 e. The molecular weight excluding hydrogens is 281 g/mol. The highest BCUT2D eigenvalue weighted by atomic mass is 16.4. The van der Waals surface area contributed by atoms with E-state index in [0.717, 1.165) is 19.3 Å². The van der Waals surface area contributed by atoms with Crippen molar-refractivity contribution in [3.8, 4) is 0 Å². The van der Waals surface area contributed by atoms with Gasteiger partial charge in [-0.05, 0) is 37.6 Å². The summed E-state index contributed by atoms with van der Waals surface area (Å²) in [5.41, 5.74) is 6.05. The van der Waals surface area contributed by atoms with Gasteiger partial charge in [-0.2, -0.15) is 0 Å². The minimum atomic E-state index is -1.33. The SMILES string of the molecule is NC(CCCCB(O)O)(CCCCc1ccccc1)C(=O)O. The summed E-state index contributed by atoms with van der Waals surface area (Å²) in [6.07, 6.45) is 4.80. The van der Waals surface area contributed by atoms with Crippen molar-refractivity contribution in [2.45, 2.75) is 56.8 Å². The number of nitrogens with two attached hydrogens (primary N) is 1. The van der Waals surface area contributed by atoms with E-state index < -0.39 is 18.6 Å². The lowest BCUT2D eigenvalue weighted by molar-refractivity contribution is -0.144. The molecule has 0 aliphatic heterocycles. The second-order valence-electron chi connectivity index (χ2n) is 5.88. The minimum Gasteiger partial charge on any atom is -0.480 e. The molecule has 1 unspecified atom stereocenters. The molecule has 122 valence electrons. The Hall–Kier alpha value is -1.37. The summed E-state index contributed by atoms with van der Waals surface area (Å²) < 4.78 is 0. The van der Waals surface area contributed by atoms with Crippen LogP contribution in [-0.2, 0) is 11.2 Å². The Morgan fingerprint density at radius 1 is 1.05 bits per heavy atom. The Bertz CT molecular complexity index is 441. The van der Waals surface area contributed by atoms with Crippen molar-refractivity contribution in [1.29, 1.82) is 0 Å². The van der Waals surface area contributed by atoms with Gasteiger partial charge >= 0.3 is 13.1 Å². The molecule has 0 spiro atoms. The fraction of sp³-hybridized carbons (Fsp3) is 0.562. The van der Waals surface area contributed by atoms with Gasteiger partial charge in [-0.15, -0.1) is 0 Å². The highest BCUT2D eigenvalue weighted by molar-refractivity contribution is 6.40. The summed E-state index contributed by atoms with van der Waals surface area (Å²) in [5, 5.41) is 26.9. The number of aryl methyl sites for hydroxylation is 1. The molecule has 0 aromatic heterocycles. The Morgan fingerprint density at radius 2 is 1.64 bits per heavy atom. The van der Waals surface area contributed by atoms with Crippen LogP contribution in [-0.4, -0.2) is 33.8 Å². The van der Waals surface area contributed by atoms with Crippen molar-refractivity contribution < 1.29 is 19.9 Å². The van der Waals surface area contributed by atoms with Crippen LogP contribution in [0.3, 0.4) is 0 Å². The zero-order valence-electron chi connectivity index (χ0n) is 12.9. The third-order valence-corrected chi connectivity index (χ3v) is 3.94. The van der Waals surface area contributed by atoms with Gasteiger partial charge in [0.1, 0.15) is 5.54 Å². The summed E-state index contributed by atoms with van der Waals surface area (Å²) in [7, 11) is -1.33. The summed E-state index contributed by atoms with van der Waals surface area (Å²) in [4.78, 5) is 11.4. The molecule has 0 fully saturated rings. The number of rotatable bonds is 11. The van der Waals surface area contributed by atoms with Crippen LogP contribution in [0.25, 0.3) is 0 Å². The highest BCUT2D eigenvalue weighted by Gasteiger charge is 2.32. The van der Waals surface area contributed by atoms with Crippen LogP contribution >= 0.6 is 0 Å². The van der Waals surface area contributed by atoms with E-state index in [1.165, 1.54) is 5.56 Å². The van der Waals surface area contributed by atoms with Crippen molar-refractivity contribution in [2.75, 3.05) is 0 Å². The van der Waals surface area contributed by atoms with Crippen molar-refractivity contribution >= 4 is 13.1 Å². The molecule has 0 aliphatic carbocycles. The van der Waals surface area contributed by atoms with E-state index in [0.29, 0.717) is 25.7 Å². The van der Waals surface area contributed by atoms with Gasteiger partial charge in [0.25, 0.3) is 0 Å². The van der Waals surface area contributed by atoms with Crippen LogP contribution in [0.2, 0.25) is 6.32 Å². The molecule has 1 atom stereocenters. The molecule has 1 rings (SSSR count). The van der Waals surface area contributed by atoms with Crippen LogP contribution in [0.5, 0.6) is 0 Å². The topological polar surface area (TPSA) is 104 Å². The predicted octanol–water partition coefficient (Wildman–Crippen LogP) is 1.82. The van der Waals surface area contributed by atoms with Crippen LogP contribution in [0.4, 0.5) is 0 Å². The van der Waals surface area contributed by atoms with E-state index in [1.54, 1.807) is 0 Å². The molecule has 5 N–H and O–H groups in total. The van der Waals surface area contributed by atoms with Crippen LogP contribution in [0.1, 0.15) is 44.1 Å². The molecule has 0 aliphatic rings. The number of unbranched alkanes of at least 4 members (excludes halogenated alkanes) is 2. The van der Waals surface area contributed by atoms with Crippen LogP contribution in [0, 0.1) is 0 Å². The normalized spacial score (nSPS) is 13.6. The average Bonchev–Trinajstić information content (AvgIpc) is 2.49. The zero-order chi connectivity index (χ0) is 16.4. The molecule has 1 aromatic rings. The Labute approximate surface area is 132 Å². The van der Waals surface area contributed by atoms with E-state index >= 15 is 0 Å². The second kappa shape index (κ2) is 9.61. The lowest BCUT2D eigenvalue weighted by atomic mass is 9.81. The number of carbonyl (C=O) groups is 1. The summed E-state index contributed by atoms with van der Waals surface area (Å²) in [6, 6.07) is 10.1. The first-order valence-corrected chi connectivity index (χ1v) is 7.86. The molecule has 0 bridgehead atoms. The van der Waals surface area contributed by atoms with Gasteiger partial charge in [-0.1, -0.05) is 49.6 Å². The fourth-order valence-electron chi connectivity index (χ4n) is 2.52. The third-order valence-electron chi connectivity index (χ3n) is 3.94. The molecule has 5 nitrogen and oxygen atoms in total. The summed E-state index contributed by atoms with van der Waals surface area (Å²) >= 11 is 0. The van der Waals surface area contributed by atoms with Crippen molar-refractivity contribution in [3.05, 3.63) is 35.9 Å². The van der Waals surface area contributed by atoms with E-state index in [2.05, 4.69) is 12.1 Å². The van der Waals surface area contributed by atoms with E-state index in [9.17, 15) is 9.90 Å². The van der Waals surface area contributed by atoms with Crippen molar-refractivity contribution in [1.82, 2.24) is 0 Å². The van der Waals surface area contributed by atoms with E-state index in [4.69, 9.17) is 15.8 Å². The smallest absolute Gasteiger partial charge is 0.451 e. The number of carboxylic acids is 1. The number of carboxylic acid groups (broad SMARTS) is 1. The fourth-order valence-corrected chi connectivity index (χ4v) is 2.52. The first-order chi connectivity index (χ1) is 10.4. The number of benzene rings is 1. The summed E-state index contributed by atoms with van der Waals surface area (Å²) in [6.45, 7) is 0. The minimum absolute atomic E-state index is 0.254. The third kappa shape index (κ3) is 7.07. The van der Waals surface area contributed by atoms with Gasteiger partial charge in [0.05, 0.1) is 0 Å². The van der Waals surface area contributed by atoms with Gasteiger partial charge in [0, 0.05) is 0 Å². The highest BCUT2D eigenvalue weighted by Crippen LogP contribution is 2.21. The van der Waals surface area contributed by atoms with Gasteiger partial charge in [0.15, 0.2) is 0 Å². The molecule has 6 heteroatoms. The number of hydrogen-bond donors (Lipinski definition) is 4. The number of hydrogen-bond acceptors (Lipinski definition) is 4. The Kier molecular flexibility index (Phi) is 8.16. The molecule has 0 saturated heterocycles. The zero-order valence-corrected chi connectivity index (χ0v) is 12.9. The Morgan fingerprint density at radius 3 is 2.18 bits per heavy atom. The lowest BCUT2D eigenvalue weighted by Crippen LogP contribution is -2.47. The van der Waals surface area contributed by atoms with Crippen LogP contribution < -0.4 is 5.73 Å². The van der Waals surface area contributed by atoms with Gasteiger partial charge in [-0.25, -0.2) is 0 Å². The van der Waals surface area contributed by atoms with Gasteiger partial charge < -0.3 is 20.9 Å². The number of aliphatic carboxylic acids is 1. The maximum absolute atomic E-state index is 11.4. The molecule has 0 saturated carbocycles. The van der Waals surface area contributed by atoms with Gasteiger partial charge in [0.2, 0.25) is 0 Å². The molecule has 22 heavy (non-hydrogen) atoms. The first kappa shape index (κ1) is 18.7. The van der Waals surface area contributed by atoms with Gasteiger partial charge in [-0.3, -0.25) is 4.79 Å².